The van der Waals surface area contributed by atoms with Crippen molar-refractivity contribution in [3.05, 3.63) is 49.6 Å². The number of alkyl halides is 3. The highest BCUT2D eigenvalue weighted by atomic mass is 19.4. The van der Waals surface area contributed by atoms with Gasteiger partial charge in [-0.05, 0) is 12.1 Å². The number of carboxylic acid groups (broad SMARTS) is 1. The van der Waals surface area contributed by atoms with Gasteiger partial charge >= 0.3 is 12.1 Å². The van der Waals surface area contributed by atoms with Crippen molar-refractivity contribution in [3.8, 4) is 0 Å². The third-order valence-corrected chi connectivity index (χ3v) is 1.20. The summed E-state index contributed by atoms with van der Waals surface area (Å²) in [7, 11) is 0. The van der Waals surface area contributed by atoms with Gasteiger partial charge < -0.3 is 5.11 Å². The zero-order chi connectivity index (χ0) is 14.6. The van der Waals surface area contributed by atoms with Crippen LogP contribution in [-0.4, -0.2) is 37.2 Å². The molecule has 9 heteroatoms. The van der Waals surface area contributed by atoms with Crippen LogP contribution >= 0.6 is 0 Å². The van der Waals surface area contributed by atoms with Gasteiger partial charge in [-0.25, -0.2) is 24.7 Å². The van der Waals surface area contributed by atoms with Crippen LogP contribution in [0.4, 0.5) is 13.2 Å². The van der Waals surface area contributed by atoms with Crippen LogP contribution < -0.4 is 0 Å². The van der Waals surface area contributed by atoms with Crippen molar-refractivity contribution in [1.29, 1.82) is 0 Å². The Morgan fingerprint density at radius 3 is 1.16 bits per heavy atom. The van der Waals surface area contributed by atoms with Crippen LogP contribution in [0.25, 0.3) is 0 Å². The van der Waals surface area contributed by atoms with E-state index in [1.54, 1.807) is 36.9 Å². The van der Waals surface area contributed by atoms with E-state index in [0.29, 0.717) is 0 Å². The number of carbonyl (C=O) groups is 1. The van der Waals surface area contributed by atoms with Gasteiger partial charge in [0.15, 0.2) is 0 Å². The predicted molar refractivity (Wildman–Crippen MR) is 57.8 cm³/mol. The van der Waals surface area contributed by atoms with Gasteiger partial charge in [-0.2, -0.15) is 13.2 Å². The average Bonchev–Trinajstić information content (AvgIpc) is 2.43. The molecule has 0 saturated heterocycles. The summed E-state index contributed by atoms with van der Waals surface area (Å²) in [6, 6.07) is 3.56. The predicted octanol–water partition coefficient (Wildman–Crippen LogP) is 1.59. The van der Waals surface area contributed by atoms with E-state index >= 15 is 0 Å². The molecule has 0 amide bonds. The van der Waals surface area contributed by atoms with Gasteiger partial charge in [0.25, 0.3) is 0 Å². The highest BCUT2D eigenvalue weighted by Crippen LogP contribution is 2.13. The van der Waals surface area contributed by atoms with Crippen LogP contribution in [0, 0.1) is 0 Å². The molecule has 0 aliphatic carbocycles. The molecule has 2 heterocycles. The first-order valence-corrected chi connectivity index (χ1v) is 4.64. The maximum absolute atomic E-state index is 10.6. The molecule has 2 aromatic rings. The van der Waals surface area contributed by atoms with Crippen molar-refractivity contribution in [2.24, 2.45) is 0 Å². The van der Waals surface area contributed by atoms with Crippen LogP contribution in [0.2, 0.25) is 0 Å². The number of aliphatic carboxylic acids is 1. The van der Waals surface area contributed by atoms with E-state index in [1.807, 2.05) is 0 Å². The number of hydrogen-bond acceptors (Lipinski definition) is 5. The van der Waals surface area contributed by atoms with Crippen molar-refractivity contribution in [3.63, 3.8) is 0 Å². The van der Waals surface area contributed by atoms with E-state index in [2.05, 4.69) is 19.9 Å². The highest BCUT2D eigenvalue weighted by Gasteiger charge is 2.38. The van der Waals surface area contributed by atoms with Gasteiger partial charge in [-0.15, -0.1) is 0 Å². The Labute approximate surface area is 106 Å². The lowest BCUT2D eigenvalue weighted by molar-refractivity contribution is -0.192. The van der Waals surface area contributed by atoms with Crippen molar-refractivity contribution in [2.75, 3.05) is 0 Å². The number of rotatable bonds is 0. The molecule has 2 aromatic heterocycles. The third-order valence-electron chi connectivity index (χ3n) is 1.20. The monoisotopic (exact) mass is 274 g/mol. The first-order valence-electron chi connectivity index (χ1n) is 4.64. The Morgan fingerprint density at radius 1 is 0.842 bits per heavy atom. The lowest BCUT2D eigenvalue weighted by Crippen LogP contribution is -2.21. The minimum atomic E-state index is -5.08. The van der Waals surface area contributed by atoms with Crippen LogP contribution in [0.5, 0.6) is 0 Å². The first kappa shape index (κ1) is 16.4. The number of halogens is 3. The summed E-state index contributed by atoms with van der Waals surface area (Å²) in [6.07, 6.45) is 4.67. The maximum Gasteiger partial charge on any atom is 0.490 e. The van der Waals surface area contributed by atoms with Crippen molar-refractivity contribution in [2.45, 2.75) is 6.18 Å². The maximum atomic E-state index is 10.6. The molecule has 0 aromatic carbocycles. The Bertz CT molecular complexity index is 355. The molecule has 0 aliphatic rings. The van der Waals surface area contributed by atoms with Crippen LogP contribution in [0.1, 0.15) is 0 Å². The standard InChI is InChI=1S/2C4H4N2.C2HF3O2/c2*1-2-5-4-6-3-1;3-2(4,5)1(6)7/h2*1-4H;(H,6,7). The molecule has 0 radical (unpaired) electrons. The van der Waals surface area contributed by atoms with E-state index in [0.717, 1.165) is 0 Å². The molecule has 1 N–H and O–H groups in total. The zero-order valence-electron chi connectivity index (χ0n) is 9.40. The summed E-state index contributed by atoms with van der Waals surface area (Å²) in [4.78, 5) is 23.6. The molecule has 0 unspecified atom stereocenters. The summed E-state index contributed by atoms with van der Waals surface area (Å²) in [6.45, 7) is 0. The van der Waals surface area contributed by atoms with Gasteiger partial charge in [-0.1, -0.05) is 0 Å². The Kier molecular flexibility index (Phi) is 8.17. The lowest BCUT2D eigenvalue weighted by Gasteiger charge is -1.93. The van der Waals surface area contributed by atoms with Crippen LogP contribution in [0.3, 0.4) is 0 Å². The van der Waals surface area contributed by atoms with Gasteiger partial charge in [0.2, 0.25) is 0 Å². The second-order valence-corrected chi connectivity index (χ2v) is 2.61. The summed E-state index contributed by atoms with van der Waals surface area (Å²) in [5, 5.41) is 7.12. The molecule has 0 bridgehead atoms. The molecular formula is C10H9F3N4O2. The Hall–Kier alpha value is -2.58. The van der Waals surface area contributed by atoms with E-state index in [4.69, 9.17) is 9.90 Å². The number of hydrogen-bond donors (Lipinski definition) is 1. The zero-order valence-corrected chi connectivity index (χ0v) is 9.40. The molecule has 19 heavy (non-hydrogen) atoms. The molecule has 2 rings (SSSR count). The van der Waals surface area contributed by atoms with Crippen molar-refractivity contribution in [1.82, 2.24) is 19.9 Å². The molecule has 0 aliphatic heterocycles. The minimum Gasteiger partial charge on any atom is -0.475 e. The van der Waals surface area contributed by atoms with E-state index < -0.39 is 12.1 Å². The topological polar surface area (TPSA) is 88.9 Å². The summed E-state index contributed by atoms with van der Waals surface area (Å²) >= 11 is 0. The smallest absolute Gasteiger partial charge is 0.475 e. The Balaban J connectivity index is 0.000000256. The largest absolute Gasteiger partial charge is 0.490 e. The van der Waals surface area contributed by atoms with Gasteiger partial charge in [-0.3, -0.25) is 0 Å². The molecule has 6 nitrogen and oxygen atoms in total. The fraction of sp³-hybridized carbons (Fsp3) is 0.100. The van der Waals surface area contributed by atoms with E-state index in [9.17, 15) is 13.2 Å². The SMILES string of the molecule is O=C(O)C(F)(F)F.c1cncnc1.c1cncnc1. The molecule has 102 valence electrons. The third kappa shape index (κ3) is 11.7. The van der Waals surface area contributed by atoms with Gasteiger partial charge in [0.05, 0.1) is 0 Å². The quantitative estimate of drug-likeness (QED) is 0.784. The minimum absolute atomic E-state index is 1.50. The normalized spacial score (nSPS) is 9.21. The number of carboxylic acids is 1. The van der Waals surface area contributed by atoms with Gasteiger partial charge in [0.1, 0.15) is 12.7 Å². The molecular weight excluding hydrogens is 265 g/mol. The number of nitrogens with zero attached hydrogens (tertiary/aromatic N) is 4. The average molecular weight is 274 g/mol. The van der Waals surface area contributed by atoms with Crippen LogP contribution in [-0.2, 0) is 4.79 Å². The fourth-order valence-corrected chi connectivity index (χ4v) is 0.507. The molecule has 0 atom stereocenters. The summed E-state index contributed by atoms with van der Waals surface area (Å²) < 4.78 is 31.7. The second-order valence-electron chi connectivity index (χ2n) is 2.61. The van der Waals surface area contributed by atoms with Crippen LogP contribution in [0.15, 0.2) is 49.6 Å². The Morgan fingerprint density at radius 2 is 1.11 bits per heavy atom. The summed E-state index contributed by atoms with van der Waals surface area (Å²) in [5.74, 6) is -2.76. The second kappa shape index (κ2) is 9.45. The van der Waals surface area contributed by atoms with Crippen molar-refractivity contribution >= 4 is 5.97 Å². The van der Waals surface area contributed by atoms with E-state index in [-0.39, 0.29) is 0 Å². The van der Waals surface area contributed by atoms with Gasteiger partial charge in [0, 0.05) is 24.8 Å². The highest BCUT2D eigenvalue weighted by molar-refractivity contribution is 5.73. The lowest BCUT2D eigenvalue weighted by atomic mass is 10.7. The molecule has 0 fully saturated rings. The number of aromatic nitrogens is 4. The molecule has 0 spiro atoms. The first-order chi connectivity index (χ1) is 8.94. The van der Waals surface area contributed by atoms with E-state index in [1.165, 1.54) is 12.7 Å². The molecule has 0 saturated carbocycles. The van der Waals surface area contributed by atoms with Crippen molar-refractivity contribution < 1.29 is 23.1 Å². The fourth-order valence-electron chi connectivity index (χ4n) is 0.507. The summed E-state index contributed by atoms with van der Waals surface area (Å²) in [5.41, 5.74) is 0.